The Morgan fingerprint density at radius 1 is 1.33 bits per heavy atom. The molecule has 0 spiro atoms. The number of piperidine rings is 1. The van der Waals surface area contributed by atoms with Crippen LogP contribution >= 0.6 is 0 Å². The number of amides is 1. The fourth-order valence-electron chi connectivity index (χ4n) is 3.97. The molecule has 2 unspecified atom stereocenters. The Morgan fingerprint density at radius 3 is 2.90 bits per heavy atom. The van der Waals surface area contributed by atoms with E-state index in [1.165, 1.54) is 32.1 Å². The number of fused-ring (bicyclic) bond motifs is 1. The summed E-state index contributed by atoms with van der Waals surface area (Å²) in [5, 5.41) is 2.82. The average Bonchev–Trinajstić information content (AvgIpc) is 2.96. The second-order valence-electron chi connectivity index (χ2n) is 6.23. The summed E-state index contributed by atoms with van der Waals surface area (Å²) in [6, 6.07) is 6.39. The van der Waals surface area contributed by atoms with Crippen LogP contribution in [0.25, 0.3) is 0 Å². The largest absolute Gasteiger partial charge is 0.397 e. The Bertz CT molecular complexity index is 529. The van der Waals surface area contributed by atoms with E-state index in [0.29, 0.717) is 18.2 Å². The zero-order valence-corrected chi connectivity index (χ0v) is 12.8. The Balaban J connectivity index is 1.83. The first-order valence-electron chi connectivity index (χ1n) is 8.15. The number of carbonyl (C=O) groups excluding carboxylic acids is 1. The van der Waals surface area contributed by atoms with Gasteiger partial charge in [-0.05, 0) is 56.7 Å². The number of carbonyl (C=O) groups is 1. The van der Waals surface area contributed by atoms with E-state index in [4.69, 9.17) is 5.73 Å². The SMILES string of the molecule is CCNC(=O)c1ccc(N2CCCC3CCCC32)c(N)c1. The van der Waals surface area contributed by atoms with Crippen LogP contribution in [0, 0.1) is 5.92 Å². The van der Waals surface area contributed by atoms with Crippen LogP contribution in [0.15, 0.2) is 18.2 Å². The van der Waals surface area contributed by atoms with E-state index in [1.807, 2.05) is 25.1 Å². The van der Waals surface area contributed by atoms with Crippen LogP contribution in [0.2, 0.25) is 0 Å². The molecule has 4 nitrogen and oxygen atoms in total. The van der Waals surface area contributed by atoms with Gasteiger partial charge in [-0.1, -0.05) is 6.42 Å². The van der Waals surface area contributed by atoms with Crippen LogP contribution < -0.4 is 16.0 Å². The summed E-state index contributed by atoms with van der Waals surface area (Å²) >= 11 is 0. The average molecular weight is 287 g/mol. The molecule has 0 radical (unpaired) electrons. The third-order valence-corrected chi connectivity index (χ3v) is 4.93. The summed E-state index contributed by atoms with van der Waals surface area (Å²) in [5.41, 5.74) is 8.74. The second-order valence-corrected chi connectivity index (χ2v) is 6.23. The summed E-state index contributed by atoms with van der Waals surface area (Å²) in [6.07, 6.45) is 6.58. The first kappa shape index (κ1) is 14.2. The lowest BCUT2D eigenvalue weighted by molar-refractivity contribution is 0.0956. The first-order valence-corrected chi connectivity index (χ1v) is 8.15. The van der Waals surface area contributed by atoms with Crippen molar-refractivity contribution in [2.75, 3.05) is 23.7 Å². The van der Waals surface area contributed by atoms with Gasteiger partial charge in [-0.15, -0.1) is 0 Å². The van der Waals surface area contributed by atoms with Gasteiger partial charge in [0.1, 0.15) is 0 Å². The minimum absolute atomic E-state index is 0.0480. The maximum Gasteiger partial charge on any atom is 0.251 e. The van der Waals surface area contributed by atoms with E-state index in [2.05, 4.69) is 10.2 Å². The minimum atomic E-state index is -0.0480. The normalized spacial score (nSPS) is 24.7. The Morgan fingerprint density at radius 2 is 2.14 bits per heavy atom. The maximum absolute atomic E-state index is 11.9. The summed E-state index contributed by atoms with van der Waals surface area (Å²) in [4.78, 5) is 14.4. The zero-order chi connectivity index (χ0) is 14.8. The first-order chi connectivity index (χ1) is 10.2. The van der Waals surface area contributed by atoms with Crippen molar-refractivity contribution >= 4 is 17.3 Å². The van der Waals surface area contributed by atoms with Crippen LogP contribution in [-0.2, 0) is 0 Å². The van der Waals surface area contributed by atoms with Gasteiger partial charge in [0.25, 0.3) is 5.91 Å². The summed E-state index contributed by atoms with van der Waals surface area (Å²) in [6.45, 7) is 3.64. The zero-order valence-electron chi connectivity index (χ0n) is 12.8. The molecule has 114 valence electrons. The van der Waals surface area contributed by atoms with E-state index in [-0.39, 0.29) is 5.91 Å². The summed E-state index contributed by atoms with van der Waals surface area (Å²) in [5.74, 6) is 0.786. The topological polar surface area (TPSA) is 58.4 Å². The van der Waals surface area contributed by atoms with Gasteiger partial charge in [0, 0.05) is 24.7 Å². The van der Waals surface area contributed by atoms with Crippen LogP contribution in [0.5, 0.6) is 0 Å². The number of anilines is 2. The predicted octanol–water partition coefficient (Wildman–Crippen LogP) is 2.79. The number of nitrogens with two attached hydrogens (primary N) is 1. The van der Waals surface area contributed by atoms with Crippen molar-refractivity contribution in [1.82, 2.24) is 5.32 Å². The molecule has 21 heavy (non-hydrogen) atoms. The van der Waals surface area contributed by atoms with Crippen molar-refractivity contribution in [1.29, 1.82) is 0 Å². The summed E-state index contributed by atoms with van der Waals surface area (Å²) in [7, 11) is 0. The predicted molar refractivity (Wildman–Crippen MR) is 86.6 cm³/mol. The Labute approximate surface area is 126 Å². The molecule has 1 aromatic carbocycles. The highest BCUT2D eigenvalue weighted by Gasteiger charge is 2.35. The number of nitrogens with one attached hydrogen (secondary N) is 1. The smallest absolute Gasteiger partial charge is 0.251 e. The second kappa shape index (κ2) is 5.96. The van der Waals surface area contributed by atoms with E-state index in [9.17, 15) is 4.79 Å². The third kappa shape index (κ3) is 2.71. The van der Waals surface area contributed by atoms with Crippen LogP contribution in [0.3, 0.4) is 0 Å². The number of hydrogen-bond donors (Lipinski definition) is 2. The molecule has 0 bridgehead atoms. The van der Waals surface area contributed by atoms with E-state index >= 15 is 0 Å². The lowest BCUT2D eigenvalue weighted by Crippen LogP contribution is -2.43. The molecule has 1 aromatic rings. The van der Waals surface area contributed by atoms with Gasteiger partial charge >= 0.3 is 0 Å². The highest BCUT2D eigenvalue weighted by molar-refractivity contribution is 5.96. The van der Waals surface area contributed by atoms with Crippen molar-refractivity contribution in [3.05, 3.63) is 23.8 Å². The quantitative estimate of drug-likeness (QED) is 0.840. The van der Waals surface area contributed by atoms with Gasteiger partial charge in [0.15, 0.2) is 0 Å². The van der Waals surface area contributed by atoms with Crippen LogP contribution in [0.4, 0.5) is 11.4 Å². The molecule has 2 aliphatic rings. The monoisotopic (exact) mass is 287 g/mol. The summed E-state index contributed by atoms with van der Waals surface area (Å²) < 4.78 is 0. The number of rotatable bonds is 3. The minimum Gasteiger partial charge on any atom is -0.397 e. The van der Waals surface area contributed by atoms with Crippen LogP contribution in [-0.4, -0.2) is 25.0 Å². The molecular formula is C17H25N3O. The highest BCUT2D eigenvalue weighted by atomic mass is 16.1. The molecule has 3 N–H and O–H groups in total. The molecule has 3 rings (SSSR count). The molecule has 1 saturated heterocycles. The van der Waals surface area contributed by atoms with Gasteiger partial charge in [-0.2, -0.15) is 0 Å². The molecule has 1 amide bonds. The fourth-order valence-corrected chi connectivity index (χ4v) is 3.97. The Kier molecular flexibility index (Phi) is 4.04. The molecule has 2 fully saturated rings. The standard InChI is InChI=1S/C17H25N3O/c1-2-19-17(21)13-8-9-16(14(18)11-13)20-10-4-6-12-5-3-7-15(12)20/h8-9,11-12,15H,2-7,10,18H2,1H3,(H,19,21). The third-order valence-electron chi connectivity index (χ3n) is 4.93. The van der Waals surface area contributed by atoms with Crippen molar-refractivity contribution in [3.8, 4) is 0 Å². The van der Waals surface area contributed by atoms with E-state index in [0.717, 1.165) is 23.8 Å². The molecule has 1 saturated carbocycles. The van der Waals surface area contributed by atoms with Crippen molar-refractivity contribution in [3.63, 3.8) is 0 Å². The highest BCUT2D eigenvalue weighted by Crippen LogP contribution is 2.40. The molecule has 4 heteroatoms. The number of benzene rings is 1. The van der Waals surface area contributed by atoms with Gasteiger partial charge in [0.05, 0.1) is 11.4 Å². The van der Waals surface area contributed by atoms with Gasteiger partial charge in [-0.3, -0.25) is 4.79 Å². The molecule has 1 aliphatic heterocycles. The molecule has 1 aliphatic carbocycles. The number of hydrogen-bond acceptors (Lipinski definition) is 3. The number of nitrogen functional groups attached to an aromatic ring is 1. The van der Waals surface area contributed by atoms with Crippen molar-refractivity contribution in [2.24, 2.45) is 5.92 Å². The maximum atomic E-state index is 11.9. The molecular weight excluding hydrogens is 262 g/mol. The fraction of sp³-hybridized carbons (Fsp3) is 0.588. The van der Waals surface area contributed by atoms with Gasteiger partial charge in [-0.25, -0.2) is 0 Å². The van der Waals surface area contributed by atoms with Gasteiger partial charge in [0.2, 0.25) is 0 Å². The van der Waals surface area contributed by atoms with E-state index in [1.54, 1.807) is 0 Å². The van der Waals surface area contributed by atoms with Crippen molar-refractivity contribution in [2.45, 2.75) is 45.1 Å². The van der Waals surface area contributed by atoms with E-state index < -0.39 is 0 Å². The lowest BCUT2D eigenvalue weighted by Gasteiger charge is -2.40. The molecule has 2 atom stereocenters. The van der Waals surface area contributed by atoms with Gasteiger partial charge < -0.3 is 16.0 Å². The molecule has 1 heterocycles. The number of nitrogens with zero attached hydrogens (tertiary/aromatic N) is 1. The van der Waals surface area contributed by atoms with Crippen molar-refractivity contribution < 1.29 is 4.79 Å². The lowest BCUT2D eigenvalue weighted by atomic mass is 9.91. The molecule has 0 aromatic heterocycles. The van der Waals surface area contributed by atoms with Crippen LogP contribution in [0.1, 0.15) is 49.4 Å². The Hall–Kier alpha value is -1.71.